The predicted octanol–water partition coefficient (Wildman–Crippen LogP) is 3.63. The Morgan fingerprint density at radius 2 is 2.15 bits per heavy atom. The van der Waals surface area contributed by atoms with Gasteiger partial charge in [0, 0.05) is 12.6 Å². The topological polar surface area (TPSA) is 77.3 Å². The minimum Gasteiger partial charge on any atom is -0.472 e. The van der Waals surface area contributed by atoms with Crippen LogP contribution in [0, 0.1) is 16.0 Å². The van der Waals surface area contributed by atoms with Crippen LogP contribution in [-0.2, 0) is 0 Å². The molecule has 0 aliphatic carbocycles. The first-order valence-corrected chi connectivity index (χ1v) is 7.10. The summed E-state index contributed by atoms with van der Waals surface area (Å²) in [4.78, 5) is 14.7. The molecule has 0 saturated heterocycles. The molecule has 1 rings (SSSR count). The number of rotatable bonds is 9. The van der Waals surface area contributed by atoms with Gasteiger partial charge in [0.1, 0.15) is 5.82 Å². The first kappa shape index (κ1) is 16.2. The summed E-state index contributed by atoms with van der Waals surface area (Å²) in [5.41, 5.74) is -0.0873. The van der Waals surface area contributed by atoms with E-state index in [2.05, 4.69) is 24.1 Å². The number of ether oxygens (including phenoxy) is 1. The maximum atomic E-state index is 11.0. The van der Waals surface area contributed by atoms with Crippen molar-refractivity contribution < 1.29 is 9.66 Å². The zero-order chi connectivity index (χ0) is 15.0. The van der Waals surface area contributed by atoms with Gasteiger partial charge in [-0.05, 0) is 24.8 Å². The Labute approximate surface area is 119 Å². The molecule has 1 aromatic heterocycles. The molecule has 0 aliphatic rings. The van der Waals surface area contributed by atoms with E-state index in [1.807, 2.05) is 6.92 Å². The van der Waals surface area contributed by atoms with Crippen molar-refractivity contribution >= 4 is 11.5 Å². The minimum absolute atomic E-state index is 0.0873. The van der Waals surface area contributed by atoms with E-state index in [0.717, 1.165) is 25.8 Å². The van der Waals surface area contributed by atoms with Crippen molar-refractivity contribution in [1.82, 2.24) is 4.98 Å². The van der Waals surface area contributed by atoms with Gasteiger partial charge >= 0.3 is 5.69 Å². The summed E-state index contributed by atoms with van der Waals surface area (Å²) in [7, 11) is 0. The Kier molecular flexibility index (Phi) is 6.76. The molecule has 0 fully saturated rings. The lowest BCUT2D eigenvalue weighted by atomic mass is 10.1. The Balaban J connectivity index is 2.80. The molecule has 0 spiro atoms. The van der Waals surface area contributed by atoms with Crippen molar-refractivity contribution in [3.8, 4) is 5.88 Å². The van der Waals surface area contributed by atoms with Crippen LogP contribution in [0.3, 0.4) is 0 Å². The normalized spacial score (nSPS) is 11.9. The molecule has 0 saturated carbocycles. The molecule has 6 nitrogen and oxygen atoms in total. The third-order valence-corrected chi connectivity index (χ3v) is 2.88. The van der Waals surface area contributed by atoms with Crippen LogP contribution in [0.15, 0.2) is 12.1 Å². The summed E-state index contributed by atoms with van der Waals surface area (Å²) >= 11 is 0. The number of aromatic nitrogens is 1. The molecule has 1 atom stereocenters. The van der Waals surface area contributed by atoms with Gasteiger partial charge in [0.2, 0.25) is 0 Å². The summed E-state index contributed by atoms with van der Waals surface area (Å²) in [5.74, 6) is 1.06. The highest BCUT2D eigenvalue weighted by Gasteiger charge is 2.18. The molecule has 0 aromatic carbocycles. The Bertz CT molecular complexity index is 438. The van der Waals surface area contributed by atoms with E-state index in [1.165, 1.54) is 6.07 Å². The second kappa shape index (κ2) is 8.35. The lowest BCUT2D eigenvalue weighted by Crippen LogP contribution is -2.11. The molecule has 1 unspecified atom stereocenters. The fourth-order valence-corrected chi connectivity index (χ4v) is 1.83. The quantitative estimate of drug-likeness (QED) is 0.552. The van der Waals surface area contributed by atoms with Crippen LogP contribution in [0.1, 0.15) is 40.0 Å². The van der Waals surface area contributed by atoms with E-state index >= 15 is 0 Å². The van der Waals surface area contributed by atoms with Gasteiger partial charge in [-0.15, -0.1) is 0 Å². The van der Waals surface area contributed by atoms with Crippen LogP contribution in [-0.4, -0.2) is 23.1 Å². The molecule has 0 aliphatic heterocycles. The largest absolute Gasteiger partial charge is 0.472 e. The van der Waals surface area contributed by atoms with Gasteiger partial charge in [-0.3, -0.25) is 10.1 Å². The van der Waals surface area contributed by atoms with Crippen molar-refractivity contribution in [2.45, 2.75) is 40.0 Å². The fraction of sp³-hybridized carbons (Fsp3) is 0.643. The monoisotopic (exact) mass is 281 g/mol. The van der Waals surface area contributed by atoms with Gasteiger partial charge in [-0.1, -0.05) is 27.2 Å². The van der Waals surface area contributed by atoms with Gasteiger partial charge in [0.15, 0.2) is 0 Å². The van der Waals surface area contributed by atoms with Crippen LogP contribution in [0.4, 0.5) is 11.5 Å². The Morgan fingerprint density at radius 1 is 1.40 bits per heavy atom. The Morgan fingerprint density at radius 3 is 2.75 bits per heavy atom. The lowest BCUT2D eigenvalue weighted by molar-refractivity contribution is -0.386. The summed E-state index contributed by atoms with van der Waals surface area (Å²) in [5, 5.41) is 14.1. The standard InChI is InChI=1S/C14H23N3O3/c1-4-6-11(3)10-20-14-12(17(18)19)7-8-13(16-14)15-9-5-2/h7-8,11H,4-6,9-10H2,1-3H3,(H,15,16). The van der Waals surface area contributed by atoms with Gasteiger partial charge in [0.05, 0.1) is 11.5 Å². The van der Waals surface area contributed by atoms with Crippen molar-refractivity contribution in [3.05, 3.63) is 22.2 Å². The maximum absolute atomic E-state index is 11.0. The van der Waals surface area contributed by atoms with Crippen molar-refractivity contribution in [3.63, 3.8) is 0 Å². The lowest BCUT2D eigenvalue weighted by Gasteiger charge is -2.12. The zero-order valence-electron chi connectivity index (χ0n) is 12.4. The van der Waals surface area contributed by atoms with Crippen LogP contribution >= 0.6 is 0 Å². The summed E-state index contributed by atoms with van der Waals surface area (Å²) in [6.45, 7) is 7.43. The highest BCUT2D eigenvalue weighted by atomic mass is 16.6. The van der Waals surface area contributed by atoms with Gasteiger partial charge < -0.3 is 10.1 Å². The average Bonchev–Trinajstić information content (AvgIpc) is 2.43. The molecular formula is C14H23N3O3. The molecule has 1 heterocycles. The minimum atomic E-state index is -0.462. The smallest absolute Gasteiger partial charge is 0.331 e. The number of hydrogen-bond donors (Lipinski definition) is 1. The van der Waals surface area contributed by atoms with Crippen LogP contribution in [0.25, 0.3) is 0 Å². The predicted molar refractivity (Wildman–Crippen MR) is 79.2 cm³/mol. The van der Waals surface area contributed by atoms with E-state index in [9.17, 15) is 10.1 Å². The first-order valence-electron chi connectivity index (χ1n) is 7.10. The van der Waals surface area contributed by atoms with Crippen molar-refractivity contribution in [2.75, 3.05) is 18.5 Å². The molecule has 20 heavy (non-hydrogen) atoms. The van der Waals surface area contributed by atoms with Gasteiger partial charge in [0.25, 0.3) is 5.88 Å². The van der Waals surface area contributed by atoms with E-state index in [0.29, 0.717) is 18.3 Å². The molecule has 6 heteroatoms. The molecular weight excluding hydrogens is 258 g/mol. The Hall–Kier alpha value is -1.85. The van der Waals surface area contributed by atoms with Crippen molar-refractivity contribution in [1.29, 1.82) is 0 Å². The van der Waals surface area contributed by atoms with E-state index in [1.54, 1.807) is 6.07 Å². The maximum Gasteiger partial charge on any atom is 0.331 e. The number of pyridine rings is 1. The summed E-state index contributed by atoms with van der Waals surface area (Å²) in [6.07, 6.45) is 3.06. The highest BCUT2D eigenvalue weighted by Crippen LogP contribution is 2.27. The van der Waals surface area contributed by atoms with Crippen molar-refractivity contribution in [2.24, 2.45) is 5.92 Å². The molecule has 1 N–H and O–H groups in total. The van der Waals surface area contributed by atoms with Crippen LogP contribution in [0.2, 0.25) is 0 Å². The number of anilines is 1. The second-order valence-corrected chi connectivity index (χ2v) is 4.91. The first-order chi connectivity index (χ1) is 9.58. The van der Waals surface area contributed by atoms with Crippen LogP contribution in [0.5, 0.6) is 5.88 Å². The van der Waals surface area contributed by atoms with E-state index in [4.69, 9.17) is 4.74 Å². The zero-order valence-corrected chi connectivity index (χ0v) is 12.4. The molecule has 0 radical (unpaired) electrons. The van der Waals surface area contributed by atoms with Crippen LogP contribution < -0.4 is 10.1 Å². The number of nitrogens with one attached hydrogen (secondary N) is 1. The fourth-order valence-electron chi connectivity index (χ4n) is 1.83. The molecule has 0 bridgehead atoms. The third-order valence-electron chi connectivity index (χ3n) is 2.88. The summed E-state index contributed by atoms with van der Waals surface area (Å²) < 4.78 is 5.54. The average molecular weight is 281 g/mol. The third kappa shape index (κ3) is 5.03. The highest BCUT2D eigenvalue weighted by molar-refractivity contribution is 5.49. The summed E-state index contributed by atoms with van der Waals surface area (Å²) in [6, 6.07) is 3.04. The number of hydrogen-bond acceptors (Lipinski definition) is 5. The number of nitro groups is 1. The van der Waals surface area contributed by atoms with E-state index in [-0.39, 0.29) is 11.6 Å². The second-order valence-electron chi connectivity index (χ2n) is 4.91. The molecule has 112 valence electrons. The SMILES string of the molecule is CCCNc1ccc([N+](=O)[O-])c(OCC(C)CCC)n1. The van der Waals surface area contributed by atoms with Gasteiger partial charge in [-0.25, -0.2) is 0 Å². The molecule has 0 amide bonds. The molecule has 1 aromatic rings. The number of nitrogens with zero attached hydrogens (tertiary/aromatic N) is 2. The van der Waals surface area contributed by atoms with Gasteiger partial charge in [-0.2, -0.15) is 4.98 Å². The van der Waals surface area contributed by atoms with E-state index < -0.39 is 4.92 Å².